The zero-order valence-corrected chi connectivity index (χ0v) is 20.5. The minimum atomic E-state index is -0.0932. The third kappa shape index (κ3) is 25.1. The molecule has 2 N–H and O–H groups in total. The second kappa shape index (κ2) is 26.1. The van der Waals surface area contributed by atoms with Gasteiger partial charge in [-0.25, -0.2) is 0 Å². The maximum absolute atomic E-state index is 11.7. The second-order valence-electron chi connectivity index (χ2n) is 8.75. The molecule has 0 aromatic heterocycles. The third-order valence-corrected chi connectivity index (χ3v) is 5.64. The number of ether oxygens (including phenoxy) is 2. The van der Waals surface area contributed by atoms with E-state index in [0.29, 0.717) is 26.1 Å². The molecule has 0 fully saturated rings. The molecule has 6 nitrogen and oxygen atoms in total. The van der Waals surface area contributed by atoms with Gasteiger partial charge in [-0.15, -0.1) is 0 Å². The van der Waals surface area contributed by atoms with E-state index in [9.17, 15) is 9.59 Å². The maximum atomic E-state index is 11.7. The first-order chi connectivity index (χ1) is 15.7. The molecule has 32 heavy (non-hydrogen) atoms. The summed E-state index contributed by atoms with van der Waals surface area (Å²) >= 11 is 0. The first-order valence-electron chi connectivity index (χ1n) is 13.2. The average molecular weight is 459 g/mol. The standard InChI is InChI=1S/C26H50O6/c27-21-15-9-5-1-3-7-13-19-25(29)31-23-17-11-12-18-24-32-26(30)20-14-8-4-2-6-10-16-22-28/h27-28H,1-24H2. The molecule has 0 atom stereocenters. The van der Waals surface area contributed by atoms with Gasteiger partial charge in [0.25, 0.3) is 0 Å². The summed E-state index contributed by atoms with van der Waals surface area (Å²) in [7, 11) is 0. The zero-order valence-electron chi connectivity index (χ0n) is 20.5. The molecule has 0 saturated heterocycles. The normalized spacial score (nSPS) is 10.9. The van der Waals surface area contributed by atoms with Crippen LogP contribution in [-0.4, -0.2) is 48.6 Å². The lowest BCUT2D eigenvalue weighted by atomic mass is 10.1. The predicted octanol–water partition coefficient (Wildman–Crippen LogP) is 5.86. The molecule has 0 amide bonds. The molecule has 0 aliphatic carbocycles. The van der Waals surface area contributed by atoms with E-state index in [0.717, 1.165) is 103 Å². The zero-order chi connectivity index (χ0) is 23.5. The molecule has 0 aliphatic rings. The Morgan fingerprint density at radius 2 is 0.688 bits per heavy atom. The van der Waals surface area contributed by atoms with Crippen LogP contribution in [-0.2, 0) is 19.1 Å². The summed E-state index contributed by atoms with van der Waals surface area (Å²) in [5.41, 5.74) is 0. The van der Waals surface area contributed by atoms with Gasteiger partial charge in [0.15, 0.2) is 0 Å². The molecule has 0 heterocycles. The molecule has 0 bridgehead atoms. The molecule has 0 saturated carbocycles. The van der Waals surface area contributed by atoms with Crippen LogP contribution in [0, 0.1) is 0 Å². The van der Waals surface area contributed by atoms with E-state index in [-0.39, 0.29) is 25.2 Å². The predicted molar refractivity (Wildman–Crippen MR) is 128 cm³/mol. The van der Waals surface area contributed by atoms with Crippen LogP contribution in [0.5, 0.6) is 0 Å². The van der Waals surface area contributed by atoms with E-state index in [1.54, 1.807) is 0 Å². The van der Waals surface area contributed by atoms with Crippen LogP contribution in [0.2, 0.25) is 0 Å². The van der Waals surface area contributed by atoms with Crippen LogP contribution in [0.4, 0.5) is 0 Å². The van der Waals surface area contributed by atoms with E-state index in [2.05, 4.69) is 0 Å². The summed E-state index contributed by atoms with van der Waals surface area (Å²) in [4.78, 5) is 23.4. The van der Waals surface area contributed by atoms with Gasteiger partial charge in [-0.2, -0.15) is 0 Å². The number of unbranched alkanes of at least 4 members (excludes halogenated alkanes) is 15. The Hall–Kier alpha value is -1.14. The van der Waals surface area contributed by atoms with Gasteiger partial charge in [-0.3, -0.25) is 9.59 Å². The van der Waals surface area contributed by atoms with Crippen molar-refractivity contribution in [2.45, 2.75) is 128 Å². The Bertz CT molecular complexity index is 375. The van der Waals surface area contributed by atoms with Crippen molar-refractivity contribution >= 4 is 11.9 Å². The lowest BCUT2D eigenvalue weighted by molar-refractivity contribution is -0.145. The Kier molecular flexibility index (Phi) is 25.2. The molecule has 0 radical (unpaired) electrons. The molecular formula is C26H50O6. The van der Waals surface area contributed by atoms with Crippen LogP contribution in [0.1, 0.15) is 128 Å². The smallest absolute Gasteiger partial charge is 0.305 e. The Balaban J connectivity index is 3.25. The van der Waals surface area contributed by atoms with Crippen molar-refractivity contribution in [3.05, 3.63) is 0 Å². The molecule has 0 unspecified atom stereocenters. The topological polar surface area (TPSA) is 93.1 Å². The van der Waals surface area contributed by atoms with Crippen molar-refractivity contribution in [3.63, 3.8) is 0 Å². The average Bonchev–Trinajstić information content (AvgIpc) is 2.79. The molecule has 6 heteroatoms. The van der Waals surface area contributed by atoms with Gasteiger partial charge < -0.3 is 19.7 Å². The van der Waals surface area contributed by atoms with Crippen LogP contribution in [0.25, 0.3) is 0 Å². The lowest BCUT2D eigenvalue weighted by Gasteiger charge is -2.06. The fraction of sp³-hybridized carbons (Fsp3) is 0.923. The summed E-state index contributed by atoms with van der Waals surface area (Å²) in [5.74, 6) is -0.186. The highest BCUT2D eigenvalue weighted by molar-refractivity contribution is 5.69. The number of aliphatic hydroxyl groups excluding tert-OH is 2. The highest BCUT2D eigenvalue weighted by Gasteiger charge is 2.04. The maximum Gasteiger partial charge on any atom is 0.305 e. The fourth-order valence-corrected chi connectivity index (χ4v) is 3.60. The lowest BCUT2D eigenvalue weighted by Crippen LogP contribution is -2.07. The Morgan fingerprint density at radius 1 is 0.406 bits per heavy atom. The number of esters is 2. The summed E-state index contributed by atoms with van der Waals surface area (Å²) in [6.07, 6.45) is 19.6. The second-order valence-corrected chi connectivity index (χ2v) is 8.75. The quantitative estimate of drug-likeness (QED) is 0.131. The highest BCUT2D eigenvalue weighted by atomic mass is 16.5. The van der Waals surface area contributed by atoms with Crippen LogP contribution >= 0.6 is 0 Å². The monoisotopic (exact) mass is 458 g/mol. The van der Waals surface area contributed by atoms with E-state index >= 15 is 0 Å². The Morgan fingerprint density at radius 3 is 1.03 bits per heavy atom. The largest absolute Gasteiger partial charge is 0.466 e. The molecule has 190 valence electrons. The molecule has 0 rings (SSSR count). The van der Waals surface area contributed by atoms with Crippen molar-refractivity contribution in [3.8, 4) is 0 Å². The molecule has 0 aromatic rings. The van der Waals surface area contributed by atoms with Crippen molar-refractivity contribution < 1.29 is 29.3 Å². The first kappa shape index (κ1) is 30.9. The summed E-state index contributed by atoms with van der Waals surface area (Å²) in [6.45, 7) is 1.54. The van der Waals surface area contributed by atoms with Crippen LogP contribution in [0.3, 0.4) is 0 Å². The Labute approximate surface area is 196 Å². The van der Waals surface area contributed by atoms with Crippen molar-refractivity contribution in [2.24, 2.45) is 0 Å². The third-order valence-electron chi connectivity index (χ3n) is 5.64. The first-order valence-corrected chi connectivity index (χ1v) is 13.2. The van der Waals surface area contributed by atoms with Crippen LogP contribution < -0.4 is 0 Å². The van der Waals surface area contributed by atoms with Gasteiger partial charge in [0.05, 0.1) is 13.2 Å². The summed E-state index contributed by atoms with van der Waals surface area (Å²) in [6, 6.07) is 0. The van der Waals surface area contributed by atoms with Crippen LogP contribution in [0.15, 0.2) is 0 Å². The number of aliphatic hydroxyl groups is 2. The van der Waals surface area contributed by atoms with Crippen molar-refractivity contribution in [1.29, 1.82) is 0 Å². The van der Waals surface area contributed by atoms with Gasteiger partial charge in [-0.05, 0) is 51.4 Å². The number of carbonyl (C=O) groups excluding carboxylic acids is 2. The van der Waals surface area contributed by atoms with E-state index < -0.39 is 0 Å². The van der Waals surface area contributed by atoms with E-state index in [1.807, 2.05) is 0 Å². The van der Waals surface area contributed by atoms with Gasteiger partial charge in [0.2, 0.25) is 0 Å². The molecule has 0 spiro atoms. The molecular weight excluding hydrogens is 408 g/mol. The minimum Gasteiger partial charge on any atom is -0.466 e. The summed E-state index contributed by atoms with van der Waals surface area (Å²) < 4.78 is 10.5. The van der Waals surface area contributed by atoms with Gasteiger partial charge in [0, 0.05) is 26.1 Å². The van der Waals surface area contributed by atoms with Crippen molar-refractivity contribution in [2.75, 3.05) is 26.4 Å². The highest BCUT2D eigenvalue weighted by Crippen LogP contribution is 2.10. The van der Waals surface area contributed by atoms with Gasteiger partial charge >= 0.3 is 11.9 Å². The van der Waals surface area contributed by atoms with E-state index in [4.69, 9.17) is 19.7 Å². The molecule has 0 aromatic carbocycles. The minimum absolute atomic E-state index is 0.0932. The fourth-order valence-electron chi connectivity index (χ4n) is 3.60. The van der Waals surface area contributed by atoms with E-state index in [1.165, 1.54) is 12.8 Å². The van der Waals surface area contributed by atoms with Gasteiger partial charge in [-0.1, -0.05) is 64.2 Å². The number of rotatable bonds is 25. The summed E-state index contributed by atoms with van der Waals surface area (Å²) in [5, 5.41) is 17.4. The van der Waals surface area contributed by atoms with Gasteiger partial charge in [0.1, 0.15) is 0 Å². The molecule has 0 aliphatic heterocycles. The van der Waals surface area contributed by atoms with Crippen molar-refractivity contribution in [1.82, 2.24) is 0 Å². The number of hydrogen-bond donors (Lipinski definition) is 2. The SMILES string of the molecule is O=C(CCCCCCCCCO)OCCCCCCOC(=O)CCCCCCCCCO. The number of hydrogen-bond acceptors (Lipinski definition) is 6. The number of carbonyl (C=O) groups is 2.